The van der Waals surface area contributed by atoms with Gasteiger partial charge in [0.2, 0.25) is 0 Å². The minimum absolute atomic E-state index is 0.0681. The maximum absolute atomic E-state index is 9.04. The lowest BCUT2D eigenvalue weighted by Crippen LogP contribution is -1.98. The Morgan fingerprint density at radius 3 is 2.29 bits per heavy atom. The van der Waals surface area contributed by atoms with Gasteiger partial charge in [-0.25, -0.2) is 0 Å². The summed E-state index contributed by atoms with van der Waals surface area (Å²) in [5.74, 6) is 0.744. The van der Waals surface area contributed by atoms with Crippen LogP contribution in [0, 0.1) is 17.2 Å². The molecule has 0 N–H and O–H groups in total. The van der Waals surface area contributed by atoms with Crippen LogP contribution < -0.4 is 0 Å². The largest absolute Gasteiger partial charge is 0.198 e. The maximum Gasteiger partial charge on any atom is 0.0712 e. The fraction of sp³-hybridized carbons (Fsp3) is 0.462. The molecule has 0 saturated carbocycles. The summed E-state index contributed by atoms with van der Waals surface area (Å²) < 4.78 is 0. The summed E-state index contributed by atoms with van der Waals surface area (Å²) in [6, 6.07) is 12.4. The third-order valence-electron chi connectivity index (χ3n) is 2.39. The van der Waals surface area contributed by atoms with Crippen LogP contribution in [0.15, 0.2) is 30.3 Å². The molecule has 0 radical (unpaired) electrons. The van der Waals surface area contributed by atoms with E-state index in [-0.39, 0.29) is 5.92 Å². The molecule has 1 rings (SSSR count). The van der Waals surface area contributed by atoms with Crippen molar-refractivity contribution in [3.8, 4) is 6.07 Å². The van der Waals surface area contributed by atoms with Crippen LogP contribution in [0.1, 0.15) is 38.2 Å². The Morgan fingerprint density at radius 2 is 1.79 bits per heavy atom. The second kappa shape index (κ2) is 5.44. The highest BCUT2D eigenvalue weighted by Gasteiger charge is 2.10. The molecule has 1 nitrogen and oxygen atoms in total. The summed E-state index contributed by atoms with van der Waals surface area (Å²) in [5.41, 5.74) is 1.15. The van der Waals surface area contributed by atoms with E-state index in [0.29, 0.717) is 5.92 Å². The minimum atomic E-state index is 0.0681. The van der Waals surface area contributed by atoms with E-state index in [1.807, 2.05) is 30.3 Å². The first kappa shape index (κ1) is 10.8. The van der Waals surface area contributed by atoms with Gasteiger partial charge in [0.15, 0.2) is 0 Å². The molecule has 1 aromatic carbocycles. The molecule has 1 heteroatoms. The van der Waals surface area contributed by atoms with Gasteiger partial charge in [-0.1, -0.05) is 44.2 Å². The lowest BCUT2D eigenvalue weighted by molar-refractivity contribution is 0.537. The zero-order valence-electron chi connectivity index (χ0n) is 8.90. The molecule has 0 amide bonds. The quantitative estimate of drug-likeness (QED) is 0.704. The van der Waals surface area contributed by atoms with Crippen molar-refractivity contribution >= 4 is 0 Å². The van der Waals surface area contributed by atoms with Crippen molar-refractivity contribution in [1.29, 1.82) is 5.26 Å². The summed E-state index contributed by atoms with van der Waals surface area (Å²) >= 11 is 0. The molecule has 1 aromatic rings. The Labute approximate surface area is 86.4 Å². The average molecular weight is 187 g/mol. The van der Waals surface area contributed by atoms with Gasteiger partial charge in [0, 0.05) is 0 Å². The van der Waals surface area contributed by atoms with Gasteiger partial charge in [0.1, 0.15) is 0 Å². The first-order valence-corrected chi connectivity index (χ1v) is 5.18. The van der Waals surface area contributed by atoms with Crippen molar-refractivity contribution in [3.05, 3.63) is 35.9 Å². The van der Waals surface area contributed by atoms with Crippen LogP contribution in [0.3, 0.4) is 0 Å². The average Bonchev–Trinajstić information content (AvgIpc) is 2.20. The number of hydrogen-bond donors (Lipinski definition) is 0. The van der Waals surface area contributed by atoms with E-state index in [9.17, 15) is 0 Å². The van der Waals surface area contributed by atoms with E-state index in [0.717, 1.165) is 18.4 Å². The van der Waals surface area contributed by atoms with Gasteiger partial charge in [-0.2, -0.15) is 5.26 Å². The van der Waals surface area contributed by atoms with E-state index in [1.165, 1.54) is 0 Å². The van der Waals surface area contributed by atoms with Gasteiger partial charge in [-0.3, -0.25) is 0 Å². The van der Waals surface area contributed by atoms with Crippen LogP contribution in [-0.2, 0) is 0 Å². The SMILES string of the molecule is CC(C)CC[C@@H](C#N)c1ccccc1. The van der Waals surface area contributed by atoms with Crippen LogP contribution in [0.2, 0.25) is 0 Å². The monoisotopic (exact) mass is 187 g/mol. The molecule has 0 bridgehead atoms. The minimum Gasteiger partial charge on any atom is -0.198 e. The zero-order valence-corrected chi connectivity index (χ0v) is 8.90. The van der Waals surface area contributed by atoms with Gasteiger partial charge in [-0.15, -0.1) is 0 Å². The normalized spacial score (nSPS) is 12.4. The lowest BCUT2D eigenvalue weighted by atomic mass is 9.93. The number of nitrogens with zero attached hydrogens (tertiary/aromatic N) is 1. The van der Waals surface area contributed by atoms with E-state index in [2.05, 4.69) is 19.9 Å². The van der Waals surface area contributed by atoms with Gasteiger partial charge >= 0.3 is 0 Å². The molecule has 0 aliphatic carbocycles. The van der Waals surface area contributed by atoms with Gasteiger partial charge in [0.05, 0.1) is 12.0 Å². The number of rotatable bonds is 4. The van der Waals surface area contributed by atoms with E-state index < -0.39 is 0 Å². The molecule has 0 spiro atoms. The summed E-state index contributed by atoms with van der Waals surface area (Å²) in [6.07, 6.45) is 2.09. The Morgan fingerprint density at radius 1 is 1.14 bits per heavy atom. The molecule has 74 valence electrons. The molecule has 0 fully saturated rings. The molecular weight excluding hydrogens is 170 g/mol. The second-order valence-electron chi connectivity index (χ2n) is 4.06. The smallest absolute Gasteiger partial charge is 0.0712 e. The topological polar surface area (TPSA) is 23.8 Å². The van der Waals surface area contributed by atoms with Crippen molar-refractivity contribution < 1.29 is 0 Å². The summed E-state index contributed by atoms with van der Waals surface area (Å²) in [7, 11) is 0. The molecule has 0 aromatic heterocycles. The fourth-order valence-corrected chi connectivity index (χ4v) is 1.49. The third-order valence-corrected chi connectivity index (χ3v) is 2.39. The van der Waals surface area contributed by atoms with Gasteiger partial charge < -0.3 is 0 Å². The van der Waals surface area contributed by atoms with Gasteiger partial charge in [0.25, 0.3) is 0 Å². The van der Waals surface area contributed by atoms with Crippen LogP contribution >= 0.6 is 0 Å². The fourth-order valence-electron chi connectivity index (χ4n) is 1.49. The Bertz CT molecular complexity index is 295. The molecule has 1 atom stereocenters. The van der Waals surface area contributed by atoms with E-state index >= 15 is 0 Å². The highest BCUT2D eigenvalue weighted by Crippen LogP contribution is 2.22. The third kappa shape index (κ3) is 3.22. The molecule has 0 aliphatic rings. The van der Waals surface area contributed by atoms with Crippen LogP contribution in [0.4, 0.5) is 0 Å². The lowest BCUT2D eigenvalue weighted by Gasteiger charge is -2.10. The van der Waals surface area contributed by atoms with Crippen molar-refractivity contribution in [2.24, 2.45) is 5.92 Å². The molecule has 0 unspecified atom stereocenters. The van der Waals surface area contributed by atoms with Crippen molar-refractivity contribution in [2.45, 2.75) is 32.6 Å². The first-order chi connectivity index (χ1) is 6.74. The summed E-state index contributed by atoms with van der Waals surface area (Å²) in [6.45, 7) is 4.39. The predicted molar refractivity (Wildman–Crippen MR) is 58.9 cm³/mol. The molecule has 14 heavy (non-hydrogen) atoms. The van der Waals surface area contributed by atoms with Gasteiger partial charge in [-0.05, 0) is 24.3 Å². The van der Waals surface area contributed by atoms with Crippen LogP contribution in [0.5, 0.6) is 0 Å². The van der Waals surface area contributed by atoms with E-state index in [4.69, 9.17) is 5.26 Å². The Hall–Kier alpha value is -1.29. The Kier molecular flexibility index (Phi) is 4.19. The first-order valence-electron chi connectivity index (χ1n) is 5.18. The molecule has 0 aliphatic heterocycles. The van der Waals surface area contributed by atoms with Crippen molar-refractivity contribution in [2.75, 3.05) is 0 Å². The maximum atomic E-state index is 9.04. The second-order valence-corrected chi connectivity index (χ2v) is 4.06. The predicted octanol–water partition coefficient (Wildman–Crippen LogP) is 3.73. The van der Waals surface area contributed by atoms with Crippen LogP contribution in [0.25, 0.3) is 0 Å². The number of hydrogen-bond acceptors (Lipinski definition) is 1. The Balaban J connectivity index is 2.60. The summed E-state index contributed by atoms with van der Waals surface area (Å²) in [5, 5.41) is 9.04. The highest BCUT2D eigenvalue weighted by atomic mass is 14.3. The van der Waals surface area contributed by atoms with Crippen LogP contribution in [-0.4, -0.2) is 0 Å². The van der Waals surface area contributed by atoms with E-state index in [1.54, 1.807) is 0 Å². The number of nitriles is 1. The number of benzene rings is 1. The summed E-state index contributed by atoms with van der Waals surface area (Å²) in [4.78, 5) is 0. The highest BCUT2D eigenvalue weighted by molar-refractivity contribution is 5.24. The molecular formula is C13H17N. The molecule has 0 heterocycles. The van der Waals surface area contributed by atoms with Crippen molar-refractivity contribution in [3.63, 3.8) is 0 Å². The molecule has 0 saturated heterocycles. The van der Waals surface area contributed by atoms with Crippen molar-refractivity contribution in [1.82, 2.24) is 0 Å². The zero-order chi connectivity index (χ0) is 10.4. The standard InChI is InChI=1S/C13H17N/c1-11(2)8-9-13(10-14)12-6-4-3-5-7-12/h3-7,11,13H,8-9H2,1-2H3/t13-/m0/s1.